The molecule has 0 bridgehead atoms. The van der Waals surface area contributed by atoms with Crippen molar-refractivity contribution in [2.75, 3.05) is 26.4 Å². The van der Waals surface area contributed by atoms with Gasteiger partial charge in [0.2, 0.25) is 5.75 Å². The van der Waals surface area contributed by atoms with E-state index in [1.807, 2.05) is 0 Å². The third-order valence-corrected chi connectivity index (χ3v) is 6.96. The summed E-state index contributed by atoms with van der Waals surface area (Å²) < 4.78 is 68.7. The predicted molar refractivity (Wildman–Crippen MR) is 143 cm³/mol. The fraction of sp³-hybridized carbons (Fsp3) is 0.267. The summed E-state index contributed by atoms with van der Waals surface area (Å²) in [6, 6.07) is 13.9. The van der Waals surface area contributed by atoms with E-state index in [1.165, 1.54) is 6.07 Å². The van der Waals surface area contributed by atoms with E-state index in [0.717, 1.165) is 12.1 Å². The molecule has 0 amide bonds. The van der Waals surface area contributed by atoms with Crippen LogP contribution in [0.5, 0.6) is 28.7 Å². The zero-order valence-electron chi connectivity index (χ0n) is 21.5. The zero-order valence-corrected chi connectivity index (χ0v) is 22.3. The average molecular weight is 586 g/mol. The van der Waals surface area contributed by atoms with E-state index in [4.69, 9.17) is 35.3 Å². The van der Waals surface area contributed by atoms with Gasteiger partial charge in [0.05, 0.1) is 34.7 Å². The van der Waals surface area contributed by atoms with Crippen molar-refractivity contribution in [1.82, 2.24) is 4.98 Å². The number of benzene rings is 3. The molecular formula is C30H23ClF3NO6. The maximum absolute atomic E-state index is 13.1. The summed E-state index contributed by atoms with van der Waals surface area (Å²) >= 11 is 5.68. The Hall–Kier alpha value is -4.02. The highest BCUT2D eigenvalue weighted by atomic mass is 35.5. The average Bonchev–Trinajstić information content (AvgIpc) is 2.92. The van der Waals surface area contributed by atoms with E-state index in [2.05, 4.69) is 4.98 Å². The van der Waals surface area contributed by atoms with Crippen LogP contribution in [0.15, 0.2) is 60.8 Å². The smallest absolute Gasteiger partial charge is 0.417 e. The van der Waals surface area contributed by atoms with Crippen molar-refractivity contribution in [1.29, 1.82) is 0 Å². The fourth-order valence-electron chi connectivity index (χ4n) is 4.63. The van der Waals surface area contributed by atoms with Gasteiger partial charge in [-0.1, -0.05) is 29.8 Å². The lowest BCUT2D eigenvalue weighted by atomic mass is 10.0. The molecule has 3 heterocycles. The minimum atomic E-state index is -4.59. The second-order valence-corrected chi connectivity index (χ2v) is 10.1. The van der Waals surface area contributed by atoms with Gasteiger partial charge in [-0.05, 0) is 41.5 Å². The first-order valence-electron chi connectivity index (χ1n) is 12.8. The number of hydrogen-bond acceptors (Lipinski definition) is 7. The third kappa shape index (κ3) is 5.89. The molecule has 212 valence electrons. The van der Waals surface area contributed by atoms with Crippen LogP contribution in [-0.2, 0) is 28.5 Å². The molecule has 0 atom stereocenters. The quantitative estimate of drug-likeness (QED) is 0.230. The number of nitrogens with zero attached hydrogens (tertiary/aromatic N) is 1. The molecule has 2 aliphatic heterocycles. The number of ketones is 1. The molecule has 0 unspecified atom stereocenters. The van der Waals surface area contributed by atoms with Gasteiger partial charge in [-0.25, -0.2) is 0 Å². The Morgan fingerprint density at radius 1 is 0.927 bits per heavy atom. The Morgan fingerprint density at radius 3 is 2.34 bits per heavy atom. The second kappa shape index (κ2) is 11.1. The molecule has 2 aliphatic rings. The van der Waals surface area contributed by atoms with Gasteiger partial charge >= 0.3 is 6.18 Å². The van der Waals surface area contributed by atoms with E-state index >= 15 is 0 Å². The topological polar surface area (TPSA) is 76.1 Å². The number of carbonyl (C=O) groups excluding carboxylic acids is 1. The van der Waals surface area contributed by atoms with Gasteiger partial charge in [0.15, 0.2) is 11.5 Å². The summed E-state index contributed by atoms with van der Waals surface area (Å²) in [5.41, 5.74) is 0.604. The number of halogens is 4. The summed E-state index contributed by atoms with van der Waals surface area (Å²) in [7, 11) is 0. The summed E-state index contributed by atoms with van der Waals surface area (Å²) in [5, 5.41) is 0.239. The number of carbonyl (C=O) groups is 1. The van der Waals surface area contributed by atoms with E-state index in [9.17, 15) is 18.0 Å². The molecule has 0 N–H and O–H groups in total. The number of fused-ring (bicyclic) bond motifs is 3. The van der Waals surface area contributed by atoms with Crippen LogP contribution in [-0.4, -0.2) is 43.3 Å². The van der Waals surface area contributed by atoms with Gasteiger partial charge < -0.3 is 23.7 Å². The van der Waals surface area contributed by atoms with Crippen molar-refractivity contribution in [2.45, 2.75) is 25.1 Å². The van der Waals surface area contributed by atoms with Crippen LogP contribution in [0.1, 0.15) is 16.7 Å². The van der Waals surface area contributed by atoms with E-state index in [-0.39, 0.29) is 30.3 Å². The highest BCUT2D eigenvalue weighted by Gasteiger charge is 2.33. The zero-order chi connectivity index (χ0) is 28.6. The molecule has 0 saturated carbocycles. The van der Waals surface area contributed by atoms with Gasteiger partial charge in [0.1, 0.15) is 36.6 Å². The molecule has 0 spiro atoms. The third-order valence-electron chi connectivity index (χ3n) is 6.63. The molecule has 4 aromatic rings. The number of hydrogen-bond donors (Lipinski definition) is 0. The van der Waals surface area contributed by atoms with Crippen molar-refractivity contribution in [3.05, 3.63) is 82.5 Å². The Kier molecular flexibility index (Phi) is 7.35. The number of pyridine rings is 1. The largest absolute Gasteiger partial charge is 0.485 e. The highest BCUT2D eigenvalue weighted by Crippen LogP contribution is 2.49. The summed E-state index contributed by atoms with van der Waals surface area (Å²) in [6.45, 7) is 1.76. The standard InChI is InChI=1S/C30H23ClF3NO6/c31-23-6-3-18(13-22(23)30(32,33)34)12-19(36)11-17-1-4-20(5-2-17)40-25-7-8-35-24-14-26(41-21-15-37-16-21)28-29(27(24)25)39-10-9-38-28/h1-8,13-14,21H,9-12,15-16H2. The van der Waals surface area contributed by atoms with Gasteiger partial charge in [-0.15, -0.1) is 0 Å². The summed E-state index contributed by atoms with van der Waals surface area (Å²) in [5.74, 6) is 2.30. The van der Waals surface area contributed by atoms with Crippen LogP contribution < -0.4 is 18.9 Å². The van der Waals surface area contributed by atoms with Crippen LogP contribution in [0.2, 0.25) is 5.02 Å². The molecule has 1 aromatic heterocycles. The van der Waals surface area contributed by atoms with Crippen LogP contribution >= 0.6 is 11.6 Å². The summed E-state index contributed by atoms with van der Waals surface area (Å²) in [4.78, 5) is 17.1. The van der Waals surface area contributed by atoms with Crippen LogP contribution in [0.3, 0.4) is 0 Å². The Labute approximate surface area is 237 Å². The minimum Gasteiger partial charge on any atom is -0.485 e. The Morgan fingerprint density at radius 2 is 1.63 bits per heavy atom. The Balaban J connectivity index is 1.18. The van der Waals surface area contributed by atoms with E-state index in [1.54, 1.807) is 42.6 Å². The molecule has 0 aliphatic carbocycles. The first-order valence-corrected chi connectivity index (χ1v) is 13.2. The number of Topliss-reactive ketones (excluding diaryl/α,β-unsaturated/α-hetero) is 1. The van der Waals surface area contributed by atoms with Gasteiger partial charge in [0, 0.05) is 25.1 Å². The lowest BCUT2D eigenvalue weighted by molar-refractivity contribution is -0.137. The highest BCUT2D eigenvalue weighted by molar-refractivity contribution is 6.31. The molecule has 11 heteroatoms. The van der Waals surface area contributed by atoms with Gasteiger partial charge in [0.25, 0.3) is 0 Å². The van der Waals surface area contributed by atoms with Crippen molar-refractivity contribution in [3.8, 4) is 28.7 Å². The number of aromatic nitrogens is 1. The first-order chi connectivity index (χ1) is 19.7. The van der Waals surface area contributed by atoms with Crippen LogP contribution in [0.4, 0.5) is 13.2 Å². The van der Waals surface area contributed by atoms with E-state index < -0.39 is 16.8 Å². The number of alkyl halides is 3. The molecule has 7 nitrogen and oxygen atoms in total. The van der Waals surface area contributed by atoms with E-state index in [0.29, 0.717) is 71.6 Å². The Bertz CT molecular complexity index is 1610. The van der Waals surface area contributed by atoms with Crippen LogP contribution in [0, 0.1) is 0 Å². The van der Waals surface area contributed by atoms with Gasteiger partial charge in [-0.3, -0.25) is 9.78 Å². The fourth-order valence-corrected chi connectivity index (χ4v) is 4.85. The first kappa shape index (κ1) is 27.2. The van der Waals surface area contributed by atoms with Crippen molar-refractivity contribution in [3.63, 3.8) is 0 Å². The van der Waals surface area contributed by atoms with Gasteiger partial charge in [-0.2, -0.15) is 13.2 Å². The monoisotopic (exact) mass is 585 g/mol. The number of ether oxygens (including phenoxy) is 5. The normalized spacial score (nSPS) is 14.9. The molecular weight excluding hydrogens is 563 g/mol. The molecule has 0 radical (unpaired) electrons. The molecule has 41 heavy (non-hydrogen) atoms. The lowest BCUT2D eigenvalue weighted by Crippen LogP contribution is -2.38. The minimum absolute atomic E-state index is 0.0515. The number of rotatable bonds is 8. The summed E-state index contributed by atoms with van der Waals surface area (Å²) in [6.07, 6.45) is -3.12. The molecule has 6 rings (SSSR count). The maximum atomic E-state index is 13.1. The van der Waals surface area contributed by atoms with Crippen molar-refractivity contribution in [2.24, 2.45) is 0 Å². The molecule has 3 aromatic carbocycles. The molecule has 1 fully saturated rings. The predicted octanol–water partition coefficient (Wildman–Crippen LogP) is 6.60. The van der Waals surface area contributed by atoms with Crippen molar-refractivity contribution >= 4 is 28.3 Å². The maximum Gasteiger partial charge on any atom is 0.417 e. The lowest BCUT2D eigenvalue weighted by Gasteiger charge is -2.29. The van der Waals surface area contributed by atoms with Crippen LogP contribution in [0.25, 0.3) is 10.9 Å². The molecule has 1 saturated heterocycles. The van der Waals surface area contributed by atoms with Crippen molar-refractivity contribution < 1.29 is 41.7 Å². The SMILES string of the molecule is O=C(Cc1ccc(Oc2ccnc3cc(OC4COC4)c4c(c23)OCCO4)cc1)Cc1ccc(Cl)c(C(F)(F)F)c1. The second-order valence-electron chi connectivity index (χ2n) is 9.66.